The van der Waals surface area contributed by atoms with Crippen LogP contribution in [-0.4, -0.2) is 9.78 Å². The van der Waals surface area contributed by atoms with E-state index in [0.717, 1.165) is 23.2 Å². The Hall–Kier alpha value is -1.19. The largest absolute Gasteiger partial charge is 0.383 e. The van der Waals surface area contributed by atoms with Gasteiger partial charge in [0, 0.05) is 29.1 Å². The van der Waals surface area contributed by atoms with E-state index in [2.05, 4.69) is 18.9 Å². The second kappa shape index (κ2) is 4.40. The summed E-state index contributed by atoms with van der Waals surface area (Å²) < 4.78 is 1.73. The topological polar surface area (TPSA) is 43.8 Å². The van der Waals surface area contributed by atoms with Crippen LogP contribution >= 0.6 is 23.2 Å². The molecule has 5 heteroatoms. The molecule has 1 saturated carbocycles. The summed E-state index contributed by atoms with van der Waals surface area (Å²) in [6.07, 6.45) is 1.13. The minimum atomic E-state index is 0.286. The molecule has 0 spiro atoms. The maximum absolute atomic E-state index is 6.34. The molecule has 1 aromatic heterocycles. The molecule has 0 aliphatic heterocycles. The third-order valence-electron chi connectivity index (χ3n) is 4.16. The van der Waals surface area contributed by atoms with E-state index in [1.165, 1.54) is 0 Å². The number of nitrogens with two attached hydrogens (primary N) is 1. The summed E-state index contributed by atoms with van der Waals surface area (Å²) >= 11 is 12.3. The highest BCUT2D eigenvalue weighted by Crippen LogP contribution is 2.60. The van der Waals surface area contributed by atoms with Crippen molar-refractivity contribution < 1.29 is 0 Å². The highest BCUT2D eigenvalue weighted by Gasteiger charge is 2.49. The molecule has 1 aliphatic rings. The Morgan fingerprint density at radius 1 is 1.35 bits per heavy atom. The number of rotatable bonds is 2. The van der Waals surface area contributed by atoms with Gasteiger partial charge in [0.2, 0.25) is 0 Å². The monoisotopic (exact) mass is 309 g/mol. The van der Waals surface area contributed by atoms with Crippen LogP contribution < -0.4 is 5.73 Å². The molecule has 1 aliphatic carbocycles. The van der Waals surface area contributed by atoms with E-state index in [0.29, 0.717) is 21.8 Å². The average Bonchev–Trinajstić information content (AvgIpc) is 2.88. The lowest BCUT2D eigenvalue weighted by molar-refractivity contribution is 0.609. The number of anilines is 1. The molecule has 0 amide bonds. The summed E-state index contributed by atoms with van der Waals surface area (Å²) in [5.74, 6) is 1.08. The van der Waals surface area contributed by atoms with Crippen molar-refractivity contribution in [2.75, 3.05) is 5.73 Å². The summed E-state index contributed by atoms with van der Waals surface area (Å²) in [6, 6.07) is 5.49. The van der Waals surface area contributed by atoms with E-state index >= 15 is 0 Å². The molecule has 0 bridgehead atoms. The summed E-state index contributed by atoms with van der Waals surface area (Å²) in [5, 5.41) is 5.84. The Bertz CT molecular complexity index is 689. The number of aryl methyl sites for hydroxylation is 1. The van der Waals surface area contributed by atoms with Crippen molar-refractivity contribution in [3.63, 3.8) is 0 Å². The zero-order valence-corrected chi connectivity index (χ0v) is 13.3. The SMILES string of the molecule is Cn1nc(C2CC2(C)C)c(-c2ccc(Cl)cc2Cl)c1N. The maximum Gasteiger partial charge on any atom is 0.129 e. The van der Waals surface area contributed by atoms with Crippen molar-refractivity contribution in [1.29, 1.82) is 0 Å². The number of hydrogen-bond acceptors (Lipinski definition) is 2. The maximum atomic E-state index is 6.34. The van der Waals surface area contributed by atoms with Crippen molar-refractivity contribution in [2.24, 2.45) is 12.5 Å². The Labute approximate surface area is 128 Å². The fourth-order valence-electron chi connectivity index (χ4n) is 2.70. The van der Waals surface area contributed by atoms with Crippen LogP contribution in [0.15, 0.2) is 18.2 Å². The smallest absolute Gasteiger partial charge is 0.129 e. The van der Waals surface area contributed by atoms with Gasteiger partial charge in [0.1, 0.15) is 5.82 Å². The standard InChI is InChI=1S/C15H17Cl2N3/c1-15(2)7-10(15)13-12(14(18)20(3)19-13)9-5-4-8(16)6-11(9)17/h4-6,10H,7,18H2,1-3H3. The quantitative estimate of drug-likeness (QED) is 0.888. The first-order valence-corrected chi connectivity index (χ1v) is 7.34. The van der Waals surface area contributed by atoms with E-state index in [9.17, 15) is 0 Å². The summed E-state index contributed by atoms with van der Waals surface area (Å²) in [6.45, 7) is 4.49. The van der Waals surface area contributed by atoms with E-state index < -0.39 is 0 Å². The molecule has 1 atom stereocenters. The molecule has 1 aromatic carbocycles. The summed E-state index contributed by atoms with van der Waals surface area (Å²) in [5.41, 5.74) is 9.38. The molecular weight excluding hydrogens is 293 g/mol. The van der Waals surface area contributed by atoms with Crippen LogP contribution in [0.5, 0.6) is 0 Å². The number of benzene rings is 1. The molecule has 1 unspecified atom stereocenters. The third kappa shape index (κ3) is 2.09. The van der Waals surface area contributed by atoms with Crippen LogP contribution in [0.4, 0.5) is 5.82 Å². The van der Waals surface area contributed by atoms with Gasteiger partial charge in [-0.15, -0.1) is 0 Å². The normalized spacial score (nSPS) is 20.1. The molecule has 106 valence electrons. The van der Waals surface area contributed by atoms with Gasteiger partial charge in [-0.25, -0.2) is 0 Å². The Kier molecular flexibility index (Phi) is 3.03. The second-order valence-corrected chi connectivity index (χ2v) is 6.98. The Morgan fingerprint density at radius 3 is 2.55 bits per heavy atom. The van der Waals surface area contributed by atoms with Crippen molar-refractivity contribution >= 4 is 29.0 Å². The van der Waals surface area contributed by atoms with Gasteiger partial charge in [-0.05, 0) is 24.0 Å². The van der Waals surface area contributed by atoms with Crippen molar-refractivity contribution in [2.45, 2.75) is 26.2 Å². The first-order valence-electron chi connectivity index (χ1n) is 6.59. The van der Waals surface area contributed by atoms with Crippen LogP contribution in [0.2, 0.25) is 10.0 Å². The van der Waals surface area contributed by atoms with Crippen LogP contribution in [0.1, 0.15) is 31.9 Å². The second-order valence-electron chi connectivity index (χ2n) is 6.14. The molecular formula is C15H17Cl2N3. The van der Waals surface area contributed by atoms with Crippen LogP contribution in [0, 0.1) is 5.41 Å². The first kappa shape index (κ1) is 13.8. The van der Waals surface area contributed by atoms with Crippen molar-refractivity contribution in [1.82, 2.24) is 9.78 Å². The minimum absolute atomic E-state index is 0.286. The van der Waals surface area contributed by atoms with Crippen LogP contribution in [-0.2, 0) is 7.05 Å². The molecule has 0 radical (unpaired) electrons. The van der Waals surface area contributed by atoms with Gasteiger partial charge >= 0.3 is 0 Å². The molecule has 20 heavy (non-hydrogen) atoms. The van der Waals surface area contributed by atoms with E-state index in [1.807, 2.05) is 19.2 Å². The Balaban J connectivity index is 2.18. The average molecular weight is 310 g/mol. The Morgan fingerprint density at radius 2 is 2.00 bits per heavy atom. The third-order valence-corrected chi connectivity index (χ3v) is 4.71. The molecule has 0 saturated heterocycles. The zero-order chi connectivity index (χ0) is 14.7. The molecule has 3 rings (SSSR count). The fraction of sp³-hybridized carbons (Fsp3) is 0.400. The lowest BCUT2D eigenvalue weighted by Crippen LogP contribution is -1.98. The molecule has 2 N–H and O–H groups in total. The van der Waals surface area contributed by atoms with Gasteiger partial charge in [-0.2, -0.15) is 5.10 Å². The highest BCUT2D eigenvalue weighted by molar-refractivity contribution is 6.36. The van der Waals surface area contributed by atoms with Crippen molar-refractivity contribution in [3.8, 4) is 11.1 Å². The number of halogens is 2. The predicted octanol–water partition coefficient (Wildman–Crippen LogP) is 4.49. The molecule has 3 nitrogen and oxygen atoms in total. The molecule has 1 fully saturated rings. The number of aromatic nitrogens is 2. The lowest BCUT2D eigenvalue weighted by atomic mass is 9.99. The van der Waals surface area contributed by atoms with Crippen LogP contribution in [0.25, 0.3) is 11.1 Å². The van der Waals surface area contributed by atoms with Gasteiger partial charge in [-0.3, -0.25) is 4.68 Å². The van der Waals surface area contributed by atoms with Gasteiger partial charge < -0.3 is 5.73 Å². The number of hydrogen-bond donors (Lipinski definition) is 1. The first-order chi connectivity index (χ1) is 9.31. The zero-order valence-electron chi connectivity index (χ0n) is 11.7. The summed E-state index contributed by atoms with van der Waals surface area (Å²) in [7, 11) is 1.86. The molecule has 2 aromatic rings. The van der Waals surface area contributed by atoms with Gasteiger partial charge in [0.25, 0.3) is 0 Å². The fourth-order valence-corrected chi connectivity index (χ4v) is 3.21. The van der Waals surface area contributed by atoms with Crippen LogP contribution in [0.3, 0.4) is 0 Å². The summed E-state index contributed by atoms with van der Waals surface area (Å²) in [4.78, 5) is 0. The highest BCUT2D eigenvalue weighted by atomic mass is 35.5. The molecule has 1 heterocycles. The van der Waals surface area contributed by atoms with E-state index in [1.54, 1.807) is 10.7 Å². The van der Waals surface area contributed by atoms with E-state index in [4.69, 9.17) is 28.9 Å². The van der Waals surface area contributed by atoms with Gasteiger partial charge in [0.15, 0.2) is 0 Å². The predicted molar refractivity (Wildman–Crippen MR) is 84.2 cm³/mol. The van der Waals surface area contributed by atoms with Gasteiger partial charge in [0.05, 0.1) is 10.7 Å². The number of nitrogen functional groups attached to an aromatic ring is 1. The lowest BCUT2D eigenvalue weighted by Gasteiger charge is -2.08. The number of nitrogens with zero attached hydrogens (tertiary/aromatic N) is 2. The van der Waals surface area contributed by atoms with E-state index in [-0.39, 0.29) is 5.41 Å². The van der Waals surface area contributed by atoms with Gasteiger partial charge in [-0.1, -0.05) is 43.1 Å². The minimum Gasteiger partial charge on any atom is -0.383 e. The van der Waals surface area contributed by atoms with Crippen molar-refractivity contribution in [3.05, 3.63) is 33.9 Å².